The van der Waals surface area contributed by atoms with E-state index in [1.54, 1.807) is 19.2 Å². The largest absolute Gasteiger partial charge is 0.382 e. The van der Waals surface area contributed by atoms with E-state index in [-0.39, 0.29) is 12.5 Å². The number of aromatic nitrogens is 2. The van der Waals surface area contributed by atoms with Crippen LogP contribution >= 0.6 is 0 Å². The van der Waals surface area contributed by atoms with Crippen LogP contribution in [0.2, 0.25) is 0 Å². The predicted molar refractivity (Wildman–Crippen MR) is 63.0 cm³/mol. The number of carbonyl (C=O) groups excluding carboxylic acids is 1. The molecule has 1 rings (SSSR count). The van der Waals surface area contributed by atoms with Gasteiger partial charge < -0.3 is 16.0 Å². The van der Waals surface area contributed by atoms with Crippen LogP contribution in [0.15, 0.2) is 12.1 Å². The Kier molecular flexibility index (Phi) is 4.50. The third-order valence-corrected chi connectivity index (χ3v) is 2.10. The van der Waals surface area contributed by atoms with Gasteiger partial charge in [-0.1, -0.05) is 6.92 Å². The van der Waals surface area contributed by atoms with E-state index in [2.05, 4.69) is 15.5 Å². The average Bonchev–Trinajstić information content (AvgIpc) is 2.29. The Morgan fingerprint density at radius 2 is 2.25 bits per heavy atom. The first-order valence-corrected chi connectivity index (χ1v) is 5.22. The minimum absolute atomic E-state index is 0.0490. The summed E-state index contributed by atoms with van der Waals surface area (Å²) in [5.41, 5.74) is 5.46. The van der Waals surface area contributed by atoms with Gasteiger partial charge in [0.1, 0.15) is 5.82 Å². The number of hydrogen-bond acceptors (Lipinski definition) is 5. The highest BCUT2D eigenvalue weighted by atomic mass is 16.1. The van der Waals surface area contributed by atoms with E-state index in [1.807, 2.05) is 11.8 Å². The van der Waals surface area contributed by atoms with Gasteiger partial charge in [-0.2, -0.15) is 0 Å². The minimum Gasteiger partial charge on any atom is -0.382 e. The number of nitrogens with zero attached hydrogens (tertiary/aromatic N) is 3. The molecule has 0 aromatic carbocycles. The van der Waals surface area contributed by atoms with Crippen molar-refractivity contribution in [3.8, 4) is 0 Å². The Hall–Kier alpha value is -1.85. The normalized spacial score (nSPS) is 9.88. The highest BCUT2D eigenvalue weighted by Crippen LogP contribution is 2.10. The molecule has 1 amide bonds. The molecule has 0 radical (unpaired) electrons. The molecule has 0 saturated heterocycles. The van der Waals surface area contributed by atoms with Crippen molar-refractivity contribution >= 4 is 17.5 Å². The molecular weight excluding hydrogens is 206 g/mol. The third kappa shape index (κ3) is 3.38. The smallest absolute Gasteiger partial charge is 0.239 e. The van der Waals surface area contributed by atoms with Gasteiger partial charge in [-0.15, -0.1) is 10.2 Å². The van der Waals surface area contributed by atoms with Crippen LogP contribution in [0.4, 0.5) is 11.6 Å². The molecule has 0 saturated carbocycles. The van der Waals surface area contributed by atoms with Crippen molar-refractivity contribution in [3.05, 3.63) is 12.1 Å². The Morgan fingerprint density at radius 3 is 2.75 bits per heavy atom. The molecule has 1 aromatic heterocycles. The summed E-state index contributed by atoms with van der Waals surface area (Å²) in [6.45, 7) is 3.08. The maximum atomic E-state index is 11.3. The van der Waals surface area contributed by atoms with Gasteiger partial charge in [-0.25, -0.2) is 0 Å². The first-order chi connectivity index (χ1) is 7.67. The topological polar surface area (TPSA) is 84.1 Å². The molecule has 16 heavy (non-hydrogen) atoms. The molecule has 1 aromatic rings. The zero-order chi connectivity index (χ0) is 12.0. The number of hydrogen-bond donors (Lipinski definition) is 2. The maximum absolute atomic E-state index is 11.3. The van der Waals surface area contributed by atoms with Gasteiger partial charge in [-0.05, 0) is 18.6 Å². The molecule has 0 unspecified atom stereocenters. The number of anilines is 2. The van der Waals surface area contributed by atoms with Crippen molar-refractivity contribution in [1.82, 2.24) is 15.5 Å². The third-order valence-electron chi connectivity index (χ3n) is 2.10. The minimum atomic E-state index is -0.0490. The van der Waals surface area contributed by atoms with Crippen LogP contribution in [-0.2, 0) is 4.79 Å². The van der Waals surface area contributed by atoms with Crippen LogP contribution in [0.1, 0.15) is 13.3 Å². The summed E-state index contributed by atoms with van der Waals surface area (Å²) in [5, 5.41) is 10.3. The molecule has 1 heterocycles. The van der Waals surface area contributed by atoms with E-state index in [0.717, 1.165) is 13.0 Å². The van der Waals surface area contributed by atoms with Crippen LogP contribution in [-0.4, -0.2) is 36.2 Å². The Labute approximate surface area is 94.8 Å². The first-order valence-electron chi connectivity index (χ1n) is 5.22. The highest BCUT2D eigenvalue weighted by Gasteiger charge is 2.11. The number of amides is 1. The van der Waals surface area contributed by atoms with Gasteiger partial charge in [0.15, 0.2) is 5.82 Å². The number of rotatable bonds is 5. The number of carbonyl (C=O) groups is 1. The van der Waals surface area contributed by atoms with Crippen molar-refractivity contribution in [3.63, 3.8) is 0 Å². The van der Waals surface area contributed by atoms with Gasteiger partial charge in [0.05, 0.1) is 6.54 Å². The van der Waals surface area contributed by atoms with Gasteiger partial charge >= 0.3 is 0 Å². The molecule has 0 atom stereocenters. The number of nitrogens with two attached hydrogens (primary N) is 1. The molecule has 88 valence electrons. The number of nitrogen functional groups attached to an aromatic ring is 1. The van der Waals surface area contributed by atoms with E-state index < -0.39 is 0 Å². The molecular formula is C10H17N5O. The molecule has 0 aliphatic heterocycles. The standard InChI is InChI=1S/C10H17N5O/c1-3-6-15(7-10(16)12-2)9-5-4-8(11)13-14-9/h4-5H,3,6-7H2,1-2H3,(H2,11,13)(H,12,16). The fourth-order valence-electron chi connectivity index (χ4n) is 1.30. The SMILES string of the molecule is CCCN(CC(=O)NC)c1ccc(N)nn1. The molecule has 0 bridgehead atoms. The van der Waals surface area contributed by atoms with E-state index in [1.165, 1.54) is 0 Å². The Balaban J connectivity index is 2.76. The van der Waals surface area contributed by atoms with Crippen LogP contribution < -0.4 is 16.0 Å². The predicted octanol–water partition coefficient (Wildman–Crippen LogP) is 0.0212. The van der Waals surface area contributed by atoms with Gasteiger partial charge in [-0.3, -0.25) is 4.79 Å². The van der Waals surface area contributed by atoms with Crippen molar-refractivity contribution in [2.75, 3.05) is 30.8 Å². The lowest BCUT2D eigenvalue weighted by Gasteiger charge is -2.21. The summed E-state index contributed by atoms with van der Waals surface area (Å²) in [7, 11) is 1.61. The van der Waals surface area contributed by atoms with Crippen LogP contribution in [0.5, 0.6) is 0 Å². The monoisotopic (exact) mass is 223 g/mol. The van der Waals surface area contributed by atoms with Crippen LogP contribution in [0.3, 0.4) is 0 Å². The fourth-order valence-corrected chi connectivity index (χ4v) is 1.30. The maximum Gasteiger partial charge on any atom is 0.239 e. The van der Waals surface area contributed by atoms with Crippen molar-refractivity contribution in [1.29, 1.82) is 0 Å². The summed E-state index contributed by atoms with van der Waals surface area (Å²) in [4.78, 5) is 13.2. The zero-order valence-corrected chi connectivity index (χ0v) is 9.60. The van der Waals surface area contributed by atoms with Gasteiger partial charge in [0.25, 0.3) is 0 Å². The molecule has 0 aliphatic rings. The van der Waals surface area contributed by atoms with E-state index in [9.17, 15) is 4.79 Å². The molecule has 0 spiro atoms. The zero-order valence-electron chi connectivity index (χ0n) is 9.60. The molecule has 0 aliphatic carbocycles. The first kappa shape index (κ1) is 12.2. The van der Waals surface area contributed by atoms with Gasteiger partial charge in [0.2, 0.25) is 5.91 Å². The van der Waals surface area contributed by atoms with Crippen molar-refractivity contribution in [2.45, 2.75) is 13.3 Å². The molecule has 3 N–H and O–H groups in total. The lowest BCUT2D eigenvalue weighted by atomic mass is 10.3. The summed E-state index contributed by atoms with van der Waals surface area (Å²) in [5.74, 6) is 0.992. The molecule has 6 heteroatoms. The van der Waals surface area contributed by atoms with Crippen LogP contribution in [0.25, 0.3) is 0 Å². The van der Waals surface area contributed by atoms with E-state index in [0.29, 0.717) is 11.6 Å². The van der Waals surface area contributed by atoms with Crippen molar-refractivity contribution in [2.24, 2.45) is 0 Å². The summed E-state index contributed by atoms with van der Waals surface area (Å²) < 4.78 is 0. The second kappa shape index (κ2) is 5.89. The lowest BCUT2D eigenvalue weighted by molar-refractivity contribution is -0.119. The number of likely N-dealkylation sites (N-methyl/N-ethyl adjacent to an activating group) is 1. The van der Waals surface area contributed by atoms with Gasteiger partial charge in [0, 0.05) is 13.6 Å². The Bertz CT molecular complexity index is 338. The van der Waals surface area contributed by atoms with E-state index in [4.69, 9.17) is 5.73 Å². The quantitative estimate of drug-likeness (QED) is 0.735. The van der Waals surface area contributed by atoms with Crippen molar-refractivity contribution < 1.29 is 4.79 Å². The summed E-state index contributed by atoms with van der Waals surface area (Å²) >= 11 is 0. The fraction of sp³-hybridized carbons (Fsp3) is 0.500. The van der Waals surface area contributed by atoms with E-state index >= 15 is 0 Å². The Morgan fingerprint density at radius 1 is 1.50 bits per heavy atom. The summed E-state index contributed by atoms with van der Waals surface area (Å²) in [6.07, 6.45) is 0.934. The number of nitrogens with one attached hydrogen (secondary N) is 1. The second-order valence-electron chi connectivity index (χ2n) is 3.41. The van der Waals surface area contributed by atoms with Crippen LogP contribution in [0, 0.1) is 0 Å². The average molecular weight is 223 g/mol. The second-order valence-corrected chi connectivity index (χ2v) is 3.41. The lowest BCUT2D eigenvalue weighted by Crippen LogP contribution is -2.36. The highest BCUT2D eigenvalue weighted by molar-refractivity contribution is 5.80. The molecule has 0 fully saturated rings. The molecule has 6 nitrogen and oxygen atoms in total. The summed E-state index contributed by atoms with van der Waals surface area (Å²) in [6, 6.07) is 3.44.